The highest BCUT2D eigenvalue weighted by Crippen LogP contribution is 2.47. The first-order valence-electron chi connectivity index (χ1n) is 13.4. The third-order valence-corrected chi connectivity index (χ3v) is 7.87. The number of ether oxygens (including phenoxy) is 5. The summed E-state index contributed by atoms with van der Waals surface area (Å²) in [7, 11) is 2.16. The van der Waals surface area contributed by atoms with Gasteiger partial charge in [0.05, 0.1) is 47.0 Å². The Labute approximate surface area is 232 Å². The summed E-state index contributed by atoms with van der Waals surface area (Å²) < 4.78 is 29.7. The zero-order valence-corrected chi connectivity index (χ0v) is 22.6. The minimum absolute atomic E-state index is 0.0223. The second kappa shape index (κ2) is 11.3. The SMILES string of the molecule is CN1CCC(COc2cc(OC3CCOCC3)c3c(Nc4c(Cl)ccc5c4OCO5)c(C#N)cnc3c2)CC1. The van der Waals surface area contributed by atoms with Gasteiger partial charge in [-0.3, -0.25) is 4.98 Å². The zero-order valence-electron chi connectivity index (χ0n) is 21.9. The van der Waals surface area contributed by atoms with Gasteiger partial charge in [0, 0.05) is 31.2 Å². The minimum atomic E-state index is -0.0223. The Morgan fingerprint density at radius 3 is 2.74 bits per heavy atom. The number of fused-ring (bicyclic) bond motifs is 2. The van der Waals surface area contributed by atoms with Crippen molar-refractivity contribution < 1.29 is 23.7 Å². The highest BCUT2D eigenvalue weighted by atomic mass is 35.5. The number of likely N-dealkylation sites (tertiary alicyclic amines) is 1. The number of halogens is 1. The van der Waals surface area contributed by atoms with Gasteiger partial charge in [-0.2, -0.15) is 5.26 Å². The Hall–Kier alpha value is -3.45. The molecule has 0 saturated carbocycles. The number of nitrogens with zero attached hydrogens (tertiary/aromatic N) is 3. The van der Waals surface area contributed by atoms with Gasteiger partial charge in [0.15, 0.2) is 11.5 Å². The molecule has 204 valence electrons. The first kappa shape index (κ1) is 25.8. The van der Waals surface area contributed by atoms with Crippen molar-refractivity contribution in [1.82, 2.24) is 9.88 Å². The molecule has 10 heteroatoms. The number of aromatic nitrogens is 1. The summed E-state index contributed by atoms with van der Waals surface area (Å²) in [5, 5.41) is 14.5. The lowest BCUT2D eigenvalue weighted by atomic mass is 9.98. The number of hydrogen-bond donors (Lipinski definition) is 1. The lowest BCUT2D eigenvalue weighted by Gasteiger charge is -2.29. The molecule has 39 heavy (non-hydrogen) atoms. The molecule has 6 rings (SSSR count). The van der Waals surface area contributed by atoms with E-state index in [9.17, 15) is 5.26 Å². The third-order valence-electron chi connectivity index (χ3n) is 7.55. The maximum Gasteiger partial charge on any atom is 0.231 e. The topological polar surface area (TPSA) is 98.1 Å². The molecule has 1 aromatic heterocycles. The Morgan fingerprint density at radius 1 is 1.13 bits per heavy atom. The Morgan fingerprint density at radius 2 is 1.95 bits per heavy atom. The summed E-state index contributed by atoms with van der Waals surface area (Å²) >= 11 is 6.58. The first-order valence-corrected chi connectivity index (χ1v) is 13.7. The smallest absolute Gasteiger partial charge is 0.231 e. The quantitative estimate of drug-likeness (QED) is 0.408. The van der Waals surface area contributed by atoms with Crippen molar-refractivity contribution >= 4 is 33.9 Å². The van der Waals surface area contributed by atoms with Crippen molar-refractivity contribution in [1.29, 1.82) is 5.26 Å². The fraction of sp³-hybridized carbons (Fsp3) is 0.448. The maximum atomic E-state index is 10.0. The van der Waals surface area contributed by atoms with Crippen LogP contribution in [0.4, 0.5) is 11.4 Å². The average Bonchev–Trinajstić information content (AvgIpc) is 3.44. The predicted octanol–water partition coefficient (Wildman–Crippen LogP) is 5.51. The van der Waals surface area contributed by atoms with Crippen LogP contribution in [-0.2, 0) is 4.74 Å². The zero-order chi connectivity index (χ0) is 26.8. The van der Waals surface area contributed by atoms with E-state index in [-0.39, 0.29) is 12.9 Å². The standard InChI is InChI=1S/C29H31ClN4O5/c1-34-8-4-18(5-9-34)16-36-21-12-23-26(25(13-21)39-20-6-10-35-11-7-20)27(19(14-31)15-32-23)33-28-22(30)2-3-24-29(28)38-17-37-24/h2-3,12-13,15,18,20H,4-11,16-17H2,1H3,(H,32,33). The van der Waals surface area contributed by atoms with Crippen molar-refractivity contribution in [3.05, 3.63) is 41.0 Å². The second-order valence-electron chi connectivity index (χ2n) is 10.2. The number of rotatable bonds is 7. The van der Waals surface area contributed by atoms with Crippen molar-refractivity contribution in [2.75, 3.05) is 52.1 Å². The van der Waals surface area contributed by atoms with E-state index in [0.29, 0.717) is 81.6 Å². The molecule has 0 amide bonds. The van der Waals surface area contributed by atoms with E-state index < -0.39 is 0 Å². The Kier molecular flexibility index (Phi) is 7.51. The Bertz CT molecular complexity index is 1400. The van der Waals surface area contributed by atoms with Crippen LogP contribution >= 0.6 is 11.6 Å². The van der Waals surface area contributed by atoms with Gasteiger partial charge >= 0.3 is 0 Å². The number of nitrogens with one attached hydrogen (secondary N) is 1. The molecular weight excluding hydrogens is 520 g/mol. The van der Waals surface area contributed by atoms with Crippen molar-refractivity contribution in [3.63, 3.8) is 0 Å². The van der Waals surface area contributed by atoms with Gasteiger partial charge in [0.2, 0.25) is 6.79 Å². The summed E-state index contributed by atoms with van der Waals surface area (Å²) in [6.07, 6.45) is 5.31. The molecule has 3 aromatic rings. The van der Waals surface area contributed by atoms with Crippen LogP contribution < -0.4 is 24.3 Å². The molecule has 0 unspecified atom stereocenters. The molecule has 0 atom stereocenters. The van der Waals surface area contributed by atoms with Crippen molar-refractivity contribution in [3.8, 4) is 29.1 Å². The van der Waals surface area contributed by atoms with Crippen molar-refractivity contribution in [2.45, 2.75) is 31.8 Å². The molecule has 9 nitrogen and oxygen atoms in total. The van der Waals surface area contributed by atoms with Crippen LogP contribution in [0.15, 0.2) is 30.5 Å². The van der Waals surface area contributed by atoms with E-state index in [1.54, 1.807) is 18.3 Å². The van der Waals surface area contributed by atoms with Gasteiger partial charge in [-0.05, 0) is 51.0 Å². The number of pyridine rings is 1. The molecule has 3 aliphatic rings. The summed E-state index contributed by atoms with van der Waals surface area (Å²) in [6, 6.07) is 9.58. The predicted molar refractivity (Wildman–Crippen MR) is 148 cm³/mol. The molecule has 4 heterocycles. The van der Waals surface area contributed by atoms with Gasteiger partial charge in [-0.1, -0.05) is 11.6 Å². The fourth-order valence-corrected chi connectivity index (χ4v) is 5.46. The number of benzene rings is 2. The molecule has 2 aromatic carbocycles. The molecule has 2 saturated heterocycles. The second-order valence-corrected chi connectivity index (χ2v) is 10.6. The van der Waals surface area contributed by atoms with E-state index in [2.05, 4.69) is 28.3 Å². The number of anilines is 2. The summed E-state index contributed by atoms with van der Waals surface area (Å²) in [4.78, 5) is 6.98. The molecule has 0 spiro atoms. The van der Waals surface area contributed by atoms with Crippen LogP contribution in [0.25, 0.3) is 10.9 Å². The summed E-state index contributed by atoms with van der Waals surface area (Å²) in [6.45, 7) is 4.19. The minimum Gasteiger partial charge on any atom is -0.493 e. The molecule has 0 bridgehead atoms. The third kappa shape index (κ3) is 5.50. The summed E-state index contributed by atoms with van der Waals surface area (Å²) in [5.74, 6) is 2.89. The Balaban J connectivity index is 1.40. The van der Waals surface area contributed by atoms with Crippen LogP contribution in [0.2, 0.25) is 5.02 Å². The molecule has 0 aliphatic carbocycles. The van der Waals surface area contributed by atoms with Crippen molar-refractivity contribution in [2.24, 2.45) is 5.92 Å². The van der Waals surface area contributed by atoms with Crippen LogP contribution in [0, 0.1) is 17.2 Å². The van der Waals surface area contributed by atoms with E-state index in [4.69, 9.17) is 35.3 Å². The van der Waals surface area contributed by atoms with Crippen LogP contribution in [-0.4, -0.2) is 62.7 Å². The number of nitriles is 1. The molecule has 2 fully saturated rings. The highest BCUT2D eigenvalue weighted by Gasteiger charge is 2.25. The van der Waals surface area contributed by atoms with Crippen LogP contribution in [0.1, 0.15) is 31.2 Å². The molecule has 3 aliphatic heterocycles. The normalized spacial score (nSPS) is 18.2. The van der Waals surface area contributed by atoms with E-state index >= 15 is 0 Å². The molecule has 0 radical (unpaired) electrons. The summed E-state index contributed by atoms with van der Waals surface area (Å²) in [5.41, 5.74) is 2.07. The van der Waals surface area contributed by atoms with Gasteiger partial charge in [0.25, 0.3) is 0 Å². The van der Waals surface area contributed by atoms with Gasteiger partial charge < -0.3 is 33.9 Å². The highest BCUT2D eigenvalue weighted by molar-refractivity contribution is 6.34. The van der Waals surface area contributed by atoms with Gasteiger partial charge in [-0.25, -0.2) is 0 Å². The van der Waals surface area contributed by atoms with E-state index in [1.807, 2.05) is 12.1 Å². The van der Waals surface area contributed by atoms with Gasteiger partial charge in [0.1, 0.15) is 29.4 Å². The first-order chi connectivity index (χ1) is 19.1. The number of hydrogen-bond acceptors (Lipinski definition) is 9. The van der Waals surface area contributed by atoms with Gasteiger partial charge in [-0.15, -0.1) is 0 Å². The van der Waals surface area contributed by atoms with E-state index in [1.165, 1.54) is 0 Å². The van der Waals surface area contributed by atoms with E-state index in [0.717, 1.165) is 38.8 Å². The fourth-order valence-electron chi connectivity index (χ4n) is 5.26. The maximum absolute atomic E-state index is 10.0. The lowest BCUT2D eigenvalue weighted by Crippen LogP contribution is -2.32. The monoisotopic (exact) mass is 550 g/mol. The average molecular weight is 551 g/mol. The van der Waals surface area contributed by atoms with Crippen LogP contribution in [0.3, 0.4) is 0 Å². The number of piperidine rings is 1. The molecule has 1 N–H and O–H groups in total. The molecular formula is C29H31ClN4O5. The lowest BCUT2D eigenvalue weighted by molar-refractivity contribution is 0.0261. The largest absolute Gasteiger partial charge is 0.493 e. The van der Waals surface area contributed by atoms with Crippen LogP contribution in [0.5, 0.6) is 23.0 Å².